The number of sulfonamides is 1. The zero-order chi connectivity index (χ0) is 22.0. The number of halogens is 1. The van der Waals surface area contributed by atoms with Crippen molar-refractivity contribution in [2.45, 2.75) is 4.90 Å². The summed E-state index contributed by atoms with van der Waals surface area (Å²) in [4.78, 5) is 6.76. The Bertz CT molecular complexity index is 1150. The molecule has 2 aromatic carbocycles. The highest BCUT2D eigenvalue weighted by Crippen LogP contribution is 2.33. The summed E-state index contributed by atoms with van der Waals surface area (Å²) in [6, 6.07) is 10.7. The Hall–Kier alpha value is -2.69. The third-order valence-electron chi connectivity index (χ3n) is 5.08. The second-order valence-electron chi connectivity index (χ2n) is 6.97. The zero-order valence-corrected chi connectivity index (χ0v) is 18.7. The Morgan fingerprint density at radius 2 is 1.68 bits per heavy atom. The molecule has 1 fully saturated rings. The van der Waals surface area contributed by atoms with Gasteiger partial charge in [0.1, 0.15) is 17.3 Å². The smallest absolute Gasteiger partial charge is 0.243 e. The summed E-state index contributed by atoms with van der Waals surface area (Å²) in [5, 5.41) is 2.78. The van der Waals surface area contributed by atoms with E-state index in [1.807, 2.05) is 17.5 Å². The first-order chi connectivity index (χ1) is 14.9. The summed E-state index contributed by atoms with van der Waals surface area (Å²) >= 11 is 1.50. The molecule has 0 bridgehead atoms. The number of methoxy groups -OCH3 is 2. The van der Waals surface area contributed by atoms with Crippen LogP contribution >= 0.6 is 11.3 Å². The highest BCUT2D eigenvalue weighted by Gasteiger charge is 2.29. The fourth-order valence-corrected chi connectivity index (χ4v) is 5.74. The molecule has 0 N–H and O–H groups in total. The molecule has 3 aromatic rings. The average molecular weight is 464 g/mol. The molecule has 1 aliphatic rings. The predicted octanol–water partition coefficient (Wildman–Crippen LogP) is 3.48. The lowest BCUT2D eigenvalue weighted by molar-refractivity contribution is 0.384. The van der Waals surface area contributed by atoms with Gasteiger partial charge in [-0.15, -0.1) is 11.3 Å². The summed E-state index contributed by atoms with van der Waals surface area (Å²) < 4.78 is 51.1. The maximum Gasteiger partial charge on any atom is 0.243 e. The van der Waals surface area contributed by atoms with Gasteiger partial charge in [0.05, 0.1) is 24.8 Å². The molecule has 1 saturated heterocycles. The van der Waals surface area contributed by atoms with Crippen LogP contribution in [0.2, 0.25) is 0 Å². The molecule has 0 radical (unpaired) electrons. The van der Waals surface area contributed by atoms with Crippen LogP contribution in [0.1, 0.15) is 0 Å². The molecule has 0 unspecified atom stereocenters. The van der Waals surface area contributed by atoms with Crippen molar-refractivity contribution < 1.29 is 22.3 Å². The van der Waals surface area contributed by atoms with Crippen LogP contribution in [0, 0.1) is 5.82 Å². The minimum Gasteiger partial charge on any atom is -0.497 e. The highest BCUT2D eigenvalue weighted by atomic mass is 32.2. The van der Waals surface area contributed by atoms with Crippen LogP contribution in [0.15, 0.2) is 52.7 Å². The molecule has 0 atom stereocenters. The lowest BCUT2D eigenvalue weighted by Crippen LogP contribution is -2.48. The monoisotopic (exact) mass is 463 g/mol. The number of thiazole rings is 1. The van der Waals surface area contributed by atoms with Crippen LogP contribution in [-0.4, -0.2) is 58.1 Å². The van der Waals surface area contributed by atoms with Gasteiger partial charge in [0, 0.05) is 43.2 Å². The maximum absolute atomic E-state index is 13.5. The van der Waals surface area contributed by atoms with Crippen molar-refractivity contribution in [3.8, 4) is 22.8 Å². The third-order valence-corrected chi connectivity index (χ3v) is 7.88. The van der Waals surface area contributed by atoms with E-state index in [4.69, 9.17) is 14.5 Å². The van der Waals surface area contributed by atoms with E-state index in [0.717, 1.165) is 22.5 Å². The Balaban J connectivity index is 1.48. The van der Waals surface area contributed by atoms with E-state index in [1.165, 1.54) is 33.8 Å². The number of hydrogen-bond donors (Lipinski definition) is 0. The molecule has 4 rings (SSSR count). The second-order valence-corrected chi connectivity index (χ2v) is 9.74. The summed E-state index contributed by atoms with van der Waals surface area (Å²) in [5.74, 6) is 0.796. The fraction of sp³-hybridized carbons (Fsp3) is 0.286. The number of benzene rings is 2. The van der Waals surface area contributed by atoms with Gasteiger partial charge in [-0.25, -0.2) is 17.8 Å². The van der Waals surface area contributed by atoms with Crippen molar-refractivity contribution in [3.63, 3.8) is 0 Å². The standard InChI is InChI=1S/C21H22FN3O4S2/c1-28-17-10-15(11-18(13-17)29-2)20-14-30-21(23-20)24-6-8-25(9-7-24)31(26,27)19-5-3-4-16(22)12-19/h3-5,10-14H,6-9H2,1-2H3. The minimum atomic E-state index is -3.72. The van der Waals surface area contributed by atoms with Gasteiger partial charge in [0.25, 0.3) is 0 Å². The maximum atomic E-state index is 13.5. The summed E-state index contributed by atoms with van der Waals surface area (Å²) in [6.45, 7) is 1.62. The predicted molar refractivity (Wildman–Crippen MR) is 118 cm³/mol. The van der Waals surface area contributed by atoms with Gasteiger partial charge in [-0.1, -0.05) is 6.07 Å². The lowest BCUT2D eigenvalue weighted by atomic mass is 10.1. The number of rotatable bonds is 6. The van der Waals surface area contributed by atoms with Crippen LogP contribution in [-0.2, 0) is 10.0 Å². The molecule has 7 nitrogen and oxygen atoms in total. The highest BCUT2D eigenvalue weighted by molar-refractivity contribution is 7.89. The molecule has 0 saturated carbocycles. The number of ether oxygens (including phenoxy) is 2. The van der Waals surface area contributed by atoms with Crippen LogP contribution in [0.5, 0.6) is 11.5 Å². The van der Waals surface area contributed by atoms with Gasteiger partial charge in [-0.2, -0.15) is 4.31 Å². The molecule has 10 heteroatoms. The average Bonchev–Trinajstić information content (AvgIpc) is 3.29. The van der Waals surface area contributed by atoms with E-state index < -0.39 is 15.8 Å². The summed E-state index contributed by atoms with van der Waals surface area (Å²) in [7, 11) is -0.522. The first-order valence-electron chi connectivity index (χ1n) is 9.60. The number of hydrogen-bond acceptors (Lipinski definition) is 7. The van der Waals surface area contributed by atoms with Crippen LogP contribution in [0.3, 0.4) is 0 Å². The van der Waals surface area contributed by atoms with Crippen molar-refractivity contribution in [2.24, 2.45) is 0 Å². The topological polar surface area (TPSA) is 72.0 Å². The molecule has 31 heavy (non-hydrogen) atoms. The number of piperazine rings is 1. The van der Waals surface area contributed by atoms with Crippen molar-refractivity contribution in [1.82, 2.24) is 9.29 Å². The van der Waals surface area contributed by atoms with E-state index in [-0.39, 0.29) is 4.90 Å². The minimum absolute atomic E-state index is 0.0237. The van der Waals surface area contributed by atoms with Crippen molar-refractivity contribution >= 4 is 26.5 Å². The quantitative estimate of drug-likeness (QED) is 0.557. The fourth-order valence-electron chi connectivity index (χ4n) is 3.39. The van der Waals surface area contributed by atoms with Crippen LogP contribution < -0.4 is 14.4 Å². The normalized spacial score (nSPS) is 15.1. The van der Waals surface area contributed by atoms with Gasteiger partial charge in [0.15, 0.2) is 5.13 Å². The number of anilines is 1. The molecule has 0 spiro atoms. The van der Waals surface area contributed by atoms with Gasteiger partial charge >= 0.3 is 0 Å². The zero-order valence-electron chi connectivity index (χ0n) is 17.1. The summed E-state index contributed by atoms with van der Waals surface area (Å²) in [5.41, 5.74) is 1.68. The molecular formula is C21H22FN3O4S2. The second kappa shape index (κ2) is 8.81. The van der Waals surface area contributed by atoms with Crippen molar-refractivity contribution in [3.05, 3.63) is 53.7 Å². The molecule has 0 aliphatic carbocycles. The van der Waals surface area contributed by atoms with Gasteiger partial charge in [-0.3, -0.25) is 0 Å². The van der Waals surface area contributed by atoms with E-state index >= 15 is 0 Å². The molecule has 1 aliphatic heterocycles. The molecule has 2 heterocycles. The van der Waals surface area contributed by atoms with E-state index in [9.17, 15) is 12.8 Å². The number of nitrogens with zero attached hydrogens (tertiary/aromatic N) is 3. The van der Waals surface area contributed by atoms with Crippen LogP contribution in [0.4, 0.5) is 9.52 Å². The largest absolute Gasteiger partial charge is 0.497 e. The van der Waals surface area contributed by atoms with Gasteiger partial charge < -0.3 is 14.4 Å². The SMILES string of the molecule is COc1cc(OC)cc(-c2csc(N3CCN(S(=O)(=O)c4cccc(F)c4)CC3)n2)c1. The lowest BCUT2D eigenvalue weighted by Gasteiger charge is -2.33. The molecule has 0 amide bonds. The Morgan fingerprint density at radius 3 is 2.29 bits per heavy atom. The van der Waals surface area contributed by atoms with E-state index in [0.29, 0.717) is 37.7 Å². The van der Waals surface area contributed by atoms with Gasteiger partial charge in [-0.05, 0) is 30.3 Å². The Morgan fingerprint density at radius 1 is 1.00 bits per heavy atom. The Labute approximate surface area is 184 Å². The van der Waals surface area contributed by atoms with Crippen LogP contribution in [0.25, 0.3) is 11.3 Å². The van der Waals surface area contributed by atoms with Crippen molar-refractivity contribution in [1.29, 1.82) is 0 Å². The van der Waals surface area contributed by atoms with E-state index in [1.54, 1.807) is 20.3 Å². The van der Waals surface area contributed by atoms with E-state index in [2.05, 4.69) is 4.90 Å². The van der Waals surface area contributed by atoms with Gasteiger partial charge in [0.2, 0.25) is 10.0 Å². The number of aromatic nitrogens is 1. The molecular weight excluding hydrogens is 441 g/mol. The first kappa shape index (κ1) is 21.5. The van der Waals surface area contributed by atoms with Crippen molar-refractivity contribution in [2.75, 3.05) is 45.3 Å². The molecule has 164 valence electrons. The molecule has 1 aromatic heterocycles. The Kier molecular flexibility index (Phi) is 6.12. The summed E-state index contributed by atoms with van der Waals surface area (Å²) in [6.07, 6.45) is 0. The third kappa shape index (κ3) is 4.51. The first-order valence-corrected chi connectivity index (χ1v) is 11.9.